The Labute approximate surface area is 128 Å². The monoisotopic (exact) mass is 321 g/mol. The fourth-order valence-corrected chi connectivity index (χ4v) is 2.68. The van der Waals surface area contributed by atoms with Crippen LogP contribution in [0.2, 0.25) is 0 Å². The number of carbonyl (C=O) groups is 1. The fourth-order valence-electron chi connectivity index (χ4n) is 1.88. The Morgan fingerprint density at radius 1 is 1.23 bits per heavy atom. The number of benzene rings is 1. The van der Waals surface area contributed by atoms with Gasteiger partial charge < -0.3 is 9.47 Å². The second-order valence-corrected chi connectivity index (χ2v) is 6.63. The molecule has 0 atom stereocenters. The van der Waals surface area contributed by atoms with E-state index in [0.717, 1.165) is 6.26 Å². The lowest BCUT2D eigenvalue weighted by Gasteiger charge is -2.13. The molecule has 22 heavy (non-hydrogen) atoms. The molecule has 0 unspecified atom stereocenters. The van der Waals surface area contributed by atoms with Crippen molar-refractivity contribution < 1.29 is 22.7 Å². The van der Waals surface area contributed by atoms with Crippen molar-refractivity contribution in [2.24, 2.45) is 0 Å². The molecule has 2 rings (SSSR count). The van der Waals surface area contributed by atoms with Gasteiger partial charge in [0, 0.05) is 18.5 Å². The summed E-state index contributed by atoms with van der Waals surface area (Å²) in [5, 5.41) is 0. The van der Waals surface area contributed by atoms with Crippen LogP contribution in [0, 0.1) is 6.92 Å². The Kier molecular flexibility index (Phi) is 4.46. The van der Waals surface area contributed by atoms with Crippen LogP contribution < -0.4 is 4.74 Å². The summed E-state index contributed by atoms with van der Waals surface area (Å²) in [6.45, 7) is 1.67. The number of aromatic nitrogens is 1. The lowest BCUT2D eigenvalue weighted by molar-refractivity contribution is 0.0599. The van der Waals surface area contributed by atoms with Crippen LogP contribution in [0.15, 0.2) is 41.4 Å². The highest BCUT2D eigenvalue weighted by Gasteiger charge is 2.21. The first kappa shape index (κ1) is 16.0. The van der Waals surface area contributed by atoms with Crippen LogP contribution in [0.3, 0.4) is 0 Å². The van der Waals surface area contributed by atoms with Gasteiger partial charge in [-0.25, -0.2) is 18.2 Å². The molecule has 2 aromatic rings. The smallest absolute Gasteiger partial charge is 0.338 e. The van der Waals surface area contributed by atoms with Crippen LogP contribution in [-0.2, 0) is 14.6 Å². The first-order valence-electron chi connectivity index (χ1n) is 6.35. The number of aryl methyl sites for hydroxylation is 1. The minimum absolute atomic E-state index is 0.0934. The van der Waals surface area contributed by atoms with E-state index in [4.69, 9.17) is 4.74 Å². The highest BCUT2D eigenvalue weighted by molar-refractivity contribution is 7.90. The van der Waals surface area contributed by atoms with Crippen molar-refractivity contribution in [3.63, 3.8) is 0 Å². The maximum atomic E-state index is 12.0. The number of esters is 1. The third-order valence-corrected chi connectivity index (χ3v) is 4.07. The molecule has 0 N–H and O–H groups in total. The zero-order chi connectivity index (χ0) is 16.3. The summed E-state index contributed by atoms with van der Waals surface area (Å²) in [4.78, 5) is 15.6. The van der Waals surface area contributed by atoms with E-state index in [1.54, 1.807) is 25.1 Å². The molecule has 0 bridgehead atoms. The van der Waals surface area contributed by atoms with Gasteiger partial charge >= 0.3 is 5.97 Å². The number of ether oxygens (including phenoxy) is 2. The van der Waals surface area contributed by atoms with Gasteiger partial charge in [-0.05, 0) is 30.7 Å². The summed E-state index contributed by atoms with van der Waals surface area (Å²) >= 11 is 0. The zero-order valence-corrected chi connectivity index (χ0v) is 13.2. The molecule has 0 saturated heterocycles. The van der Waals surface area contributed by atoms with Gasteiger partial charge in [-0.15, -0.1) is 0 Å². The van der Waals surface area contributed by atoms with Crippen LogP contribution in [0.4, 0.5) is 0 Å². The second-order valence-electron chi connectivity index (χ2n) is 4.65. The van der Waals surface area contributed by atoms with Gasteiger partial charge in [-0.2, -0.15) is 0 Å². The van der Waals surface area contributed by atoms with Crippen molar-refractivity contribution in [3.05, 3.63) is 47.7 Å². The fraction of sp³-hybridized carbons (Fsp3) is 0.200. The van der Waals surface area contributed by atoms with Gasteiger partial charge in [0.05, 0.1) is 12.7 Å². The second kappa shape index (κ2) is 6.15. The van der Waals surface area contributed by atoms with Crippen molar-refractivity contribution in [3.8, 4) is 11.6 Å². The summed E-state index contributed by atoms with van der Waals surface area (Å²) < 4.78 is 34.1. The lowest BCUT2D eigenvalue weighted by Crippen LogP contribution is -2.08. The average molecular weight is 321 g/mol. The molecule has 1 aromatic heterocycles. The van der Waals surface area contributed by atoms with Gasteiger partial charge in [0.25, 0.3) is 0 Å². The van der Waals surface area contributed by atoms with Crippen LogP contribution in [0.5, 0.6) is 11.6 Å². The van der Waals surface area contributed by atoms with E-state index in [1.165, 1.54) is 25.4 Å². The third-order valence-electron chi connectivity index (χ3n) is 2.95. The molecule has 0 fully saturated rings. The number of sulfone groups is 1. The molecule has 0 aliphatic heterocycles. The highest BCUT2D eigenvalue weighted by Crippen LogP contribution is 2.31. The van der Waals surface area contributed by atoms with Crippen molar-refractivity contribution in [1.82, 2.24) is 4.98 Å². The normalized spacial score (nSPS) is 11.0. The molecule has 7 heteroatoms. The average Bonchev–Trinajstić information content (AvgIpc) is 2.46. The van der Waals surface area contributed by atoms with Gasteiger partial charge in [-0.3, -0.25) is 0 Å². The van der Waals surface area contributed by atoms with Crippen molar-refractivity contribution in [1.29, 1.82) is 0 Å². The summed E-state index contributed by atoms with van der Waals surface area (Å²) in [7, 11) is -2.36. The van der Waals surface area contributed by atoms with Crippen LogP contribution in [-0.4, -0.2) is 32.7 Å². The molecule has 0 radical (unpaired) electrons. The summed E-state index contributed by atoms with van der Waals surface area (Å²) in [6.07, 6.45) is 2.58. The molecule has 1 aromatic carbocycles. The number of rotatable bonds is 4. The van der Waals surface area contributed by atoms with Crippen molar-refractivity contribution in [2.45, 2.75) is 11.8 Å². The quantitative estimate of drug-likeness (QED) is 0.804. The summed E-state index contributed by atoms with van der Waals surface area (Å²) in [6, 6.07) is 7.79. The number of nitrogens with zero attached hydrogens (tertiary/aromatic N) is 1. The first-order chi connectivity index (χ1) is 10.3. The molecule has 116 valence electrons. The van der Waals surface area contributed by atoms with E-state index in [9.17, 15) is 13.2 Å². The number of methoxy groups -OCH3 is 1. The minimum atomic E-state index is -3.60. The third kappa shape index (κ3) is 3.43. The molecule has 0 aliphatic carbocycles. The number of hydrogen-bond acceptors (Lipinski definition) is 6. The Morgan fingerprint density at radius 3 is 2.50 bits per heavy atom. The maximum Gasteiger partial charge on any atom is 0.338 e. The van der Waals surface area contributed by atoms with E-state index >= 15 is 0 Å². The van der Waals surface area contributed by atoms with Gasteiger partial charge in [0.15, 0.2) is 9.84 Å². The standard InChI is InChI=1S/C15H15NO5S/c1-10-8-12(21-14-6-4-5-7-16-14)13(22(3,18)19)9-11(10)15(17)20-2/h4-9H,1-3H3. The zero-order valence-electron chi connectivity index (χ0n) is 12.4. The van der Waals surface area contributed by atoms with Crippen LogP contribution in [0.25, 0.3) is 0 Å². The van der Waals surface area contributed by atoms with Crippen LogP contribution >= 0.6 is 0 Å². The van der Waals surface area contributed by atoms with Gasteiger partial charge in [0.1, 0.15) is 10.6 Å². The van der Waals surface area contributed by atoms with E-state index in [1.807, 2.05) is 0 Å². The predicted octanol–water partition coefficient (Wildman–Crippen LogP) is 2.37. The Bertz CT molecular complexity index is 800. The van der Waals surface area contributed by atoms with E-state index in [2.05, 4.69) is 9.72 Å². The minimum Gasteiger partial charge on any atom is -0.465 e. The summed E-state index contributed by atoms with van der Waals surface area (Å²) in [5.74, 6) is -0.226. The molecule has 6 nitrogen and oxygen atoms in total. The van der Waals surface area contributed by atoms with Gasteiger partial charge in [-0.1, -0.05) is 6.07 Å². The first-order valence-corrected chi connectivity index (χ1v) is 8.24. The molecule has 0 aliphatic rings. The van der Waals surface area contributed by atoms with Crippen molar-refractivity contribution >= 4 is 15.8 Å². The Hall–Kier alpha value is -2.41. The number of pyridine rings is 1. The molecule has 1 heterocycles. The molecule has 0 spiro atoms. The Balaban J connectivity index is 2.58. The highest BCUT2D eigenvalue weighted by atomic mass is 32.2. The SMILES string of the molecule is COC(=O)c1cc(S(C)(=O)=O)c(Oc2ccccn2)cc1C. The van der Waals surface area contributed by atoms with E-state index < -0.39 is 15.8 Å². The van der Waals surface area contributed by atoms with Crippen LogP contribution in [0.1, 0.15) is 15.9 Å². The molecular formula is C15H15NO5S. The van der Waals surface area contributed by atoms with E-state index in [-0.39, 0.29) is 22.1 Å². The predicted molar refractivity (Wildman–Crippen MR) is 79.9 cm³/mol. The van der Waals surface area contributed by atoms with E-state index in [0.29, 0.717) is 5.56 Å². The summed E-state index contributed by atoms with van der Waals surface area (Å²) in [5.41, 5.74) is 0.724. The molecule has 0 amide bonds. The van der Waals surface area contributed by atoms with Crippen molar-refractivity contribution in [2.75, 3.05) is 13.4 Å². The topological polar surface area (TPSA) is 82.6 Å². The lowest BCUT2D eigenvalue weighted by atomic mass is 10.1. The molecule has 0 saturated carbocycles. The maximum absolute atomic E-state index is 12.0. The Morgan fingerprint density at radius 2 is 1.95 bits per heavy atom. The number of hydrogen-bond donors (Lipinski definition) is 0. The largest absolute Gasteiger partial charge is 0.465 e. The number of carbonyl (C=O) groups excluding carboxylic acids is 1. The molecular weight excluding hydrogens is 306 g/mol. The van der Waals surface area contributed by atoms with Gasteiger partial charge in [0.2, 0.25) is 5.88 Å².